The zero-order valence-electron chi connectivity index (χ0n) is 24.0. The van der Waals surface area contributed by atoms with E-state index in [4.69, 9.17) is 16.3 Å². The van der Waals surface area contributed by atoms with Gasteiger partial charge in [-0.05, 0) is 42.7 Å². The van der Waals surface area contributed by atoms with Crippen molar-refractivity contribution in [1.82, 2.24) is 19.4 Å². The molecule has 2 aromatic carbocycles. The van der Waals surface area contributed by atoms with Gasteiger partial charge in [0.05, 0.1) is 33.4 Å². The van der Waals surface area contributed by atoms with E-state index in [9.17, 15) is 19.1 Å². The summed E-state index contributed by atoms with van der Waals surface area (Å²) in [5, 5.41) is 10.2. The first-order valence-electron chi connectivity index (χ1n) is 13.9. The number of hydrogen-bond acceptors (Lipinski definition) is 7. The maximum Gasteiger partial charge on any atom is 0.354 e. The summed E-state index contributed by atoms with van der Waals surface area (Å²) in [5.41, 5.74) is -1.45. The number of halogens is 4. The molecule has 0 spiro atoms. The Bertz CT molecular complexity index is 1950. The van der Waals surface area contributed by atoms with Gasteiger partial charge in [-0.2, -0.15) is 4.98 Å². The number of amides is 1. The quantitative estimate of drug-likeness (QED) is 0.309. The third kappa shape index (κ3) is 4.38. The molecule has 1 saturated heterocycles. The summed E-state index contributed by atoms with van der Waals surface area (Å²) >= 11 is 6.76. The van der Waals surface area contributed by atoms with Gasteiger partial charge in [-0.15, -0.1) is 0 Å². The zero-order valence-corrected chi connectivity index (χ0v) is 24.8. The van der Waals surface area contributed by atoms with Gasteiger partial charge in [0.15, 0.2) is 23.2 Å². The van der Waals surface area contributed by atoms with Crippen LogP contribution in [0.25, 0.3) is 27.7 Å². The number of aromatic nitrogens is 3. The highest BCUT2D eigenvalue weighted by molar-refractivity contribution is 6.36. The third-order valence-electron chi connectivity index (χ3n) is 8.06. The van der Waals surface area contributed by atoms with Crippen LogP contribution in [0.5, 0.6) is 11.5 Å². The Labute approximate surface area is 254 Å². The van der Waals surface area contributed by atoms with E-state index in [1.54, 1.807) is 29.0 Å². The molecule has 2 aromatic heterocycles. The molecule has 2 aliphatic rings. The van der Waals surface area contributed by atoms with Crippen molar-refractivity contribution in [2.24, 2.45) is 0 Å². The summed E-state index contributed by atoms with van der Waals surface area (Å²) in [5.74, 6) is -5.43. The summed E-state index contributed by atoms with van der Waals surface area (Å²) < 4.78 is 54.2. The van der Waals surface area contributed by atoms with Crippen LogP contribution in [0.15, 0.2) is 41.8 Å². The summed E-state index contributed by atoms with van der Waals surface area (Å²) in [4.78, 5) is 38.7. The fourth-order valence-electron chi connectivity index (χ4n) is 5.98. The molecule has 0 radical (unpaired) electrons. The van der Waals surface area contributed by atoms with Gasteiger partial charge in [0, 0.05) is 31.4 Å². The van der Waals surface area contributed by atoms with Gasteiger partial charge in [0.2, 0.25) is 5.91 Å². The van der Waals surface area contributed by atoms with E-state index in [0.717, 1.165) is 10.6 Å². The number of carbonyl (C=O) groups excluding carboxylic acids is 1. The SMILES string of the molecule is C=CC(=O)N1CCN2c3nc(=O)n(-c4c(C)ccnc4C(C)C)c4c(F)c(-c5c(O)ccc(F)c5F)c(Cl)c(c34)OCC2C1. The van der Waals surface area contributed by atoms with Crippen molar-refractivity contribution in [1.29, 1.82) is 0 Å². The monoisotopic (exact) mass is 625 g/mol. The number of benzene rings is 2. The standard InChI is InChI=1S/C31H27ClF3N5O4/c1-5-19(42)38-10-11-39-16(12-38)13-44-29-22-28(25(35)21(23(29)32)20-18(41)7-6-17(33)24(20)34)40(31(43)37-30(22)39)27-15(4)8-9-36-26(27)14(2)3/h5-9,14,16,41H,1,10-13H2,2-4H3. The second-order valence-corrected chi connectivity index (χ2v) is 11.4. The first kappa shape index (κ1) is 29.5. The zero-order chi connectivity index (χ0) is 31.6. The third-order valence-corrected chi connectivity index (χ3v) is 8.42. The number of aromatic hydroxyl groups is 1. The molecule has 2 aliphatic heterocycles. The van der Waals surface area contributed by atoms with Crippen LogP contribution in [-0.2, 0) is 4.79 Å². The number of phenols is 1. The number of pyridine rings is 1. The van der Waals surface area contributed by atoms with Crippen molar-refractivity contribution >= 4 is 34.2 Å². The normalized spacial score (nSPS) is 16.1. The lowest BCUT2D eigenvalue weighted by molar-refractivity contribution is -0.126. The Hall–Kier alpha value is -4.58. The Morgan fingerprint density at radius 2 is 1.93 bits per heavy atom. The van der Waals surface area contributed by atoms with E-state index in [1.807, 2.05) is 13.8 Å². The Morgan fingerprint density at radius 3 is 2.64 bits per heavy atom. The van der Waals surface area contributed by atoms with Crippen molar-refractivity contribution in [3.8, 4) is 28.3 Å². The number of hydrogen-bond donors (Lipinski definition) is 1. The molecular weight excluding hydrogens is 599 g/mol. The molecule has 4 heterocycles. The fourth-order valence-corrected chi connectivity index (χ4v) is 6.31. The topological polar surface area (TPSA) is 101 Å². The number of ether oxygens (including phenoxy) is 1. The molecule has 9 nitrogen and oxygen atoms in total. The lowest BCUT2D eigenvalue weighted by Gasteiger charge is -2.40. The van der Waals surface area contributed by atoms with E-state index in [1.165, 1.54) is 6.08 Å². The molecule has 1 amide bonds. The van der Waals surface area contributed by atoms with E-state index < -0.39 is 51.1 Å². The van der Waals surface area contributed by atoms with E-state index in [2.05, 4.69) is 16.5 Å². The highest BCUT2D eigenvalue weighted by atomic mass is 35.5. The van der Waals surface area contributed by atoms with Gasteiger partial charge >= 0.3 is 5.69 Å². The maximum absolute atomic E-state index is 17.2. The van der Waals surface area contributed by atoms with Crippen LogP contribution in [0.4, 0.5) is 19.0 Å². The van der Waals surface area contributed by atoms with Crippen LogP contribution in [0, 0.1) is 24.4 Å². The van der Waals surface area contributed by atoms with Crippen molar-refractivity contribution in [2.45, 2.75) is 32.7 Å². The number of fused-ring (bicyclic) bond motifs is 2. The molecule has 1 fully saturated rings. The van der Waals surface area contributed by atoms with Crippen LogP contribution in [0.3, 0.4) is 0 Å². The van der Waals surface area contributed by atoms with E-state index >= 15 is 8.78 Å². The highest BCUT2D eigenvalue weighted by Gasteiger charge is 2.39. The molecule has 4 aromatic rings. The minimum Gasteiger partial charge on any atom is -0.507 e. The van der Waals surface area contributed by atoms with Crippen molar-refractivity contribution in [3.63, 3.8) is 0 Å². The van der Waals surface area contributed by atoms with Gasteiger partial charge in [0.1, 0.15) is 23.7 Å². The molecule has 1 atom stereocenters. The van der Waals surface area contributed by atoms with E-state index in [-0.39, 0.29) is 66.2 Å². The van der Waals surface area contributed by atoms with Gasteiger partial charge < -0.3 is 19.6 Å². The van der Waals surface area contributed by atoms with Crippen LogP contribution >= 0.6 is 11.6 Å². The molecule has 44 heavy (non-hydrogen) atoms. The number of carbonyl (C=O) groups is 1. The van der Waals surface area contributed by atoms with E-state index in [0.29, 0.717) is 17.3 Å². The molecule has 0 saturated carbocycles. The lowest BCUT2D eigenvalue weighted by Crippen LogP contribution is -2.56. The lowest BCUT2D eigenvalue weighted by atomic mass is 9.98. The number of nitrogens with zero attached hydrogens (tertiary/aromatic N) is 5. The van der Waals surface area contributed by atoms with Gasteiger partial charge in [-0.25, -0.2) is 18.0 Å². The molecule has 0 aliphatic carbocycles. The minimum absolute atomic E-state index is 0.0242. The van der Waals surface area contributed by atoms with Crippen molar-refractivity contribution < 1.29 is 27.8 Å². The molecule has 6 rings (SSSR count). The summed E-state index contributed by atoms with van der Waals surface area (Å²) in [6.45, 7) is 9.57. The number of phenolic OH excluding ortho intramolecular Hbond substituents is 1. The summed E-state index contributed by atoms with van der Waals surface area (Å²) in [6, 6.07) is 2.71. The molecule has 1 unspecified atom stereocenters. The minimum atomic E-state index is -1.54. The Kier molecular flexibility index (Phi) is 7.27. The second-order valence-electron chi connectivity index (χ2n) is 11.0. The van der Waals surface area contributed by atoms with Crippen LogP contribution in [0.2, 0.25) is 5.02 Å². The van der Waals surface area contributed by atoms with Crippen LogP contribution in [0.1, 0.15) is 31.0 Å². The highest BCUT2D eigenvalue weighted by Crippen LogP contribution is 2.50. The fraction of sp³-hybridized carbons (Fsp3) is 0.290. The first-order chi connectivity index (χ1) is 21.0. The second kappa shape index (κ2) is 10.8. The summed E-state index contributed by atoms with van der Waals surface area (Å²) in [7, 11) is 0. The predicted molar refractivity (Wildman–Crippen MR) is 159 cm³/mol. The van der Waals surface area contributed by atoms with Crippen molar-refractivity contribution in [2.75, 3.05) is 31.1 Å². The molecule has 1 N–H and O–H groups in total. The van der Waals surface area contributed by atoms with Gasteiger partial charge in [-0.3, -0.25) is 14.3 Å². The Morgan fingerprint density at radius 1 is 1.18 bits per heavy atom. The average Bonchev–Trinajstić information content (AvgIpc) is 3.15. The number of rotatable bonds is 4. The smallest absolute Gasteiger partial charge is 0.354 e. The predicted octanol–water partition coefficient (Wildman–Crippen LogP) is 5.25. The largest absolute Gasteiger partial charge is 0.507 e. The Balaban J connectivity index is 1.77. The molecular formula is C31H27ClF3N5O4. The van der Waals surface area contributed by atoms with Gasteiger partial charge in [0.25, 0.3) is 0 Å². The summed E-state index contributed by atoms with van der Waals surface area (Å²) in [6.07, 6.45) is 2.76. The first-order valence-corrected chi connectivity index (χ1v) is 14.3. The molecule has 228 valence electrons. The van der Waals surface area contributed by atoms with Crippen molar-refractivity contribution in [3.05, 3.63) is 81.3 Å². The van der Waals surface area contributed by atoms with Crippen LogP contribution < -0.4 is 15.3 Å². The maximum atomic E-state index is 17.2. The van der Waals surface area contributed by atoms with Crippen LogP contribution in [-0.4, -0.2) is 62.7 Å². The average molecular weight is 626 g/mol. The number of piperazine rings is 1. The molecule has 13 heteroatoms. The number of anilines is 1. The van der Waals surface area contributed by atoms with Gasteiger partial charge in [-0.1, -0.05) is 32.0 Å². The molecule has 0 bridgehead atoms. The number of aryl methyl sites for hydroxylation is 1.